The van der Waals surface area contributed by atoms with Crippen LogP contribution in [0.2, 0.25) is 0 Å². The Morgan fingerprint density at radius 3 is 2.75 bits per heavy atom. The van der Waals surface area contributed by atoms with E-state index in [-0.39, 0.29) is 18.3 Å². The first-order valence-corrected chi connectivity index (χ1v) is 7.09. The molecule has 0 bridgehead atoms. The molecule has 0 amide bonds. The van der Waals surface area contributed by atoms with E-state index in [1.165, 1.54) is 0 Å². The summed E-state index contributed by atoms with van der Waals surface area (Å²) in [6.45, 7) is 9.16. The molecule has 6 heteroatoms. The van der Waals surface area contributed by atoms with Gasteiger partial charge in [-0.1, -0.05) is 6.92 Å². The van der Waals surface area contributed by atoms with Crippen LogP contribution in [0.5, 0.6) is 0 Å². The average Bonchev–Trinajstić information content (AvgIpc) is 2.44. The van der Waals surface area contributed by atoms with Crippen molar-refractivity contribution in [2.75, 3.05) is 31.1 Å². The number of anilines is 1. The number of aromatic nitrogens is 2. The van der Waals surface area contributed by atoms with Crippen LogP contribution in [-0.4, -0.2) is 53.0 Å². The van der Waals surface area contributed by atoms with Crippen molar-refractivity contribution >= 4 is 5.95 Å². The lowest BCUT2D eigenvalue weighted by Gasteiger charge is -2.42. The van der Waals surface area contributed by atoms with Crippen LogP contribution in [0.15, 0.2) is 12.4 Å². The Morgan fingerprint density at radius 1 is 1.45 bits per heavy atom. The number of hydrogen-bond acceptors (Lipinski definition) is 6. The van der Waals surface area contributed by atoms with E-state index in [0.29, 0.717) is 12.5 Å². The van der Waals surface area contributed by atoms with Crippen LogP contribution in [-0.2, 0) is 11.3 Å². The predicted octanol–water partition coefficient (Wildman–Crippen LogP) is 0.562. The molecule has 1 aliphatic rings. The van der Waals surface area contributed by atoms with Gasteiger partial charge < -0.3 is 20.1 Å². The van der Waals surface area contributed by atoms with Gasteiger partial charge in [0.2, 0.25) is 5.95 Å². The van der Waals surface area contributed by atoms with Crippen molar-refractivity contribution in [3.8, 4) is 0 Å². The first-order valence-electron chi connectivity index (χ1n) is 7.09. The Balaban J connectivity index is 2.06. The Hall–Kier alpha value is -1.24. The zero-order valence-electron chi connectivity index (χ0n) is 12.5. The van der Waals surface area contributed by atoms with Crippen molar-refractivity contribution in [1.29, 1.82) is 0 Å². The molecule has 1 aromatic rings. The average molecular weight is 280 g/mol. The second-order valence-electron chi connectivity index (χ2n) is 5.73. The second kappa shape index (κ2) is 6.47. The van der Waals surface area contributed by atoms with Crippen molar-refractivity contribution in [1.82, 2.24) is 15.3 Å². The summed E-state index contributed by atoms with van der Waals surface area (Å²) < 4.78 is 5.79. The third-order valence-corrected chi connectivity index (χ3v) is 3.24. The van der Waals surface area contributed by atoms with Crippen molar-refractivity contribution in [3.63, 3.8) is 0 Å². The number of aliphatic hydroxyl groups is 1. The molecule has 0 aliphatic carbocycles. The smallest absolute Gasteiger partial charge is 0.225 e. The monoisotopic (exact) mass is 280 g/mol. The first kappa shape index (κ1) is 15.2. The Bertz CT molecular complexity index is 422. The second-order valence-corrected chi connectivity index (χ2v) is 5.73. The number of morpholine rings is 1. The molecule has 2 heterocycles. The van der Waals surface area contributed by atoms with Crippen molar-refractivity contribution < 1.29 is 9.84 Å². The van der Waals surface area contributed by atoms with Crippen LogP contribution in [0.3, 0.4) is 0 Å². The zero-order valence-corrected chi connectivity index (χ0v) is 12.5. The van der Waals surface area contributed by atoms with Gasteiger partial charge in [0.25, 0.3) is 0 Å². The topological polar surface area (TPSA) is 70.5 Å². The van der Waals surface area contributed by atoms with Gasteiger partial charge >= 0.3 is 0 Å². The SMILES string of the molecule is CCNCc1cnc(N2CC(CO)OC(C)(C)C2)nc1. The molecule has 1 aromatic heterocycles. The number of nitrogens with zero attached hydrogens (tertiary/aromatic N) is 3. The van der Waals surface area contributed by atoms with Crippen LogP contribution in [0.1, 0.15) is 26.3 Å². The lowest BCUT2D eigenvalue weighted by molar-refractivity contribution is -0.101. The standard InChI is InChI=1S/C14H24N4O2/c1-4-15-5-11-6-16-13(17-7-11)18-8-12(9-19)20-14(2,3)10-18/h6-7,12,15,19H,4-5,8-10H2,1-3H3. The molecule has 1 atom stereocenters. The maximum absolute atomic E-state index is 9.33. The summed E-state index contributed by atoms with van der Waals surface area (Å²) in [6, 6.07) is 0. The van der Waals surface area contributed by atoms with E-state index >= 15 is 0 Å². The highest BCUT2D eigenvalue weighted by atomic mass is 16.5. The summed E-state index contributed by atoms with van der Waals surface area (Å²) in [5.41, 5.74) is 0.763. The maximum Gasteiger partial charge on any atom is 0.225 e. The van der Waals surface area contributed by atoms with Gasteiger partial charge in [-0.3, -0.25) is 0 Å². The number of ether oxygens (including phenoxy) is 1. The largest absolute Gasteiger partial charge is 0.394 e. The molecule has 6 nitrogen and oxygen atoms in total. The summed E-state index contributed by atoms with van der Waals surface area (Å²) in [4.78, 5) is 10.9. The van der Waals surface area contributed by atoms with E-state index in [0.717, 1.165) is 25.2 Å². The summed E-state index contributed by atoms with van der Waals surface area (Å²) in [5.74, 6) is 0.695. The van der Waals surface area contributed by atoms with Gasteiger partial charge in [0, 0.05) is 37.6 Å². The minimum Gasteiger partial charge on any atom is -0.394 e. The Morgan fingerprint density at radius 2 is 2.15 bits per heavy atom. The third-order valence-electron chi connectivity index (χ3n) is 3.24. The lowest BCUT2D eigenvalue weighted by atomic mass is 10.1. The number of nitrogens with one attached hydrogen (secondary N) is 1. The quantitative estimate of drug-likeness (QED) is 0.821. The molecule has 0 spiro atoms. The first-order chi connectivity index (χ1) is 9.54. The summed E-state index contributed by atoms with van der Waals surface area (Å²) in [6.07, 6.45) is 3.51. The number of hydrogen-bond donors (Lipinski definition) is 2. The molecular formula is C14H24N4O2. The molecule has 20 heavy (non-hydrogen) atoms. The highest BCUT2D eigenvalue weighted by molar-refractivity contribution is 5.32. The molecule has 1 unspecified atom stereocenters. The molecule has 1 aliphatic heterocycles. The third kappa shape index (κ3) is 3.88. The van der Waals surface area contributed by atoms with Crippen LogP contribution in [0.4, 0.5) is 5.95 Å². The predicted molar refractivity (Wildman–Crippen MR) is 77.7 cm³/mol. The highest BCUT2D eigenvalue weighted by Gasteiger charge is 2.34. The summed E-state index contributed by atoms with van der Waals surface area (Å²) in [5, 5.41) is 12.6. The minimum atomic E-state index is -0.308. The summed E-state index contributed by atoms with van der Waals surface area (Å²) in [7, 11) is 0. The Kier molecular flexibility index (Phi) is 4.91. The van der Waals surface area contributed by atoms with E-state index in [1.54, 1.807) is 0 Å². The Labute approximate surface area is 120 Å². The van der Waals surface area contributed by atoms with Crippen molar-refractivity contribution in [2.24, 2.45) is 0 Å². The maximum atomic E-state index is 9.33. The molecule has 1 saturated heterocycles. The molecular weight excluding hydrogens is 256 g/mol. The van der Waals surface area contributed by atoms with Gasteiger partial charge in [-0.15, -0.1) is 0 Å². The minimum absolute atomic E-state index is 0.0123. The van der Waals surface area contributed by atoms with Gasteiger partial charge in [-0.2, -0.15) is 0 Å². The van der Waals surface area contributed by atoms with E-state index < -0.39 is 0 Å². The summed E-state index contributed by atoms with van der Waals surface area (Å²) >= 11 is 0. The van der Waals surface area contributed by atoms with Gasteiger partial charge in [0.15, 0.2) is 0 Å². The molecule has 0 radical (unpaired) electrons. The van der Waals surface area contributed by atoms with Crippen LogP contribution in [0.25, 0.3) is 0 Å². The van der Waals surface area contributed by atoms with Gasteiger partial charge in [0.05, 0.1) is 18.3 Å². The molecule has 2 rings (SSSR count). The molecule has 112 valence electrons. The van der Waals surface area contributed by atoms with Crippen LogP contribution >= 0.6 is 0 Å². The number of rotatable bonds is 5. The van der Waals surface area contributed by atoms with Crippen LogP contribution in [0, 0.1) is 0 Å². The lowest BCUT2D eigenvalue weighted by Crippen LogP contribution is -2.54. The normalized spacial score (nSPS) is 22.0. The highest BCUT2D eigenvalue weighted by Crippen LogP contribution is 2.23. The van der Waals surface area contributed by atoms with E-state index in [9.17, 15) is 5.11 Å². The fourth-order valence-electron chi connectivity index (χ4n) is 2.41. The fraction of sp³-hybridized carbons (Fsp3) is 0.714. The van der Waals surface area contributed by atoms with E-state index in [4.69, 9.17) is 4.74 Å². The van der Waals surface area contributed by atoms with Crippen molar-refractivity contribution in [2.45, 2.75) is 39.0 Å². The van der Waals surface area contributed by atoms with E-state index in [1.807, 2.05) is 26.2 Å². The van der Waals surface area contributed by atoms with Crippen molar-refractivity contribution in [3.05, 3.63) is 18.0 Å². The van der Waals surface area contributed by atoms with Gasteiger partial charge in [-0.25, -0.2) is 9.97 Å². The van der Waals surface area contributed by atoms with Gasteiger partial charge in [-0.05, 0) is 20.4 Å². The van der Waals surface area contributed by atoms with E-state index in [2.05, 4.69) is 27.1 Å². The van der Waals surface area contributed by atoms with Crippen LogP contribution < -0.4 is 10.2 Å². The van der Waals surface area contributed by atoms with Gasteiger partial charge in [0.1, 0.15) is 0 Å². The zero-order chi connectivity index (χ0) is 14.6. The fourth-order valence-corrected chi connectivity index (χ4v) is 2.41. The molecule has 0 aromatic carbocycles. The molecule has 2 N–H and O–H groups in total. The number of aliphatic hydroxyl groups excluding tert-OH is 1. The molecule has 0 saturated carbocycles. The molecule has 1 fully saturated rings.